The first-order valence-corrected chi connectivity index (χ1v) is 8.15. The predicted molar refractivity (Wildman–Crippen MR) is 98.9 cm³/mol. The zero-order valence-electron chi connectivity index (χ0n) is 14.2. The van der Waals surface area contributed by atoms with E-state index < -0.39 is 17.9 Å². The number of carbonyl (C=O) groups excluding carboxylic acids is 1. The Morgan fingerprint density at radius 2 is 1.88 bits per heavy atom. The molecule has 0 fully saturated rings. The van der Waals surface area contributed by atoms with Gasteiger partial charge in [0.2, 0.25) is 0 Å². The van der Waals surface area contributed by atoms with E-state index in [0.717, 1.165) is 10.8 Å². The second-order valence-corrected chi connectivity index (χ2v) is 5.70. The lowest BCUT2D eigenvalue weighted by Gasteiger charge is -2.14. The monoisotopic (exact) mass is 358 g/mol. The Kier molecular flexibility index (Phi) is 6.78. The second kappa shape index (κ2) is 9.26. The number of nitrogens with one attached hydrogen (secondary N) is 1. The van der Waals surface area contributed by atoms with Crippen LogP contribution in [0, 0.1) is 0 Å². The standard InChI is InChI=1S/C18H22N4O4/c19-18(20)21-9-3-6-15(17(24)25)22-16(23)11-26-14-8-7-12-4-1-2-5-13(12)10-14/h1-2,4-5,7-8,10,15H,3,6,9,11H2,(H,22,23)(H,24,25)(H4,19,20,21)/t15-/m0/s1. The Balaban J connectivity index is 1.84. The molecule has 0 aliphatic rings. The van der Waals surface area contributed by atoms with Gasteiger partial charge in [-0.15, -0.1) is 0 Å². The van der Waals surface area contributed by atoms with Crippen molar-refractivity contribution in [1.29, 1.82) is 0 Å². The van der Waals surface area contributed by atoms with Crippen LogP contribution in [0.15, 0.2) is 47.5 Å². The van der Waals surface area contributed by atoms with Gasteiger partial charge < -0.3 is 26.6 Å². The summed E-state index contributed by atoms with van der Waals surface area (Å²) < 4.78 is 5.45. The summed E-state index contributed by atoms with van der Waals surface area (Å²) in [4.78, 5) is 27.0. The smallest absolute Gasteiger partial charge is 0.326 e. The summed E-state index contributed by atoms with van der Waals surface area (Å²) in [7, 11) is 0. The highest BCUT2D eigenvalue weighted by Gasteiger charge is 2.19. The molecule has 2 rings (SSSR count). The van der Waals surface area contributed by atoms with Gasteiger partial charge in [-0.3, -0.25) is 9.79 Å². The number of aliphatic imine (C=N–C) groups is 1. The van der Waals surface area contributed by atoms with Crippen LogP contribution in [0.2, 0.25) is 0 Å². The van der Waals surface area contributed by atoms with Crippen LogP contribution in [-0.4, -0.2) is 42.1 Å². The normalized spacial score (nSPS) is 11.5. The van der Waals surface area contributed by atoms with Crippen molar-refractivity contribution in [2.75, 3.05) is 13.2 Å². The number of ether oxygens (including phenoxy) is 1. The largest absolute Gasteiger partial charge is 0.484 e. The number of nitrogens with two attached hydrogens (primary N) is 2. The predicted octanol–water partition coefficient (Wildman–Crippen LogP) is 0.842. The number of carboxylic acid groups (broad SMARTS) is 1. The fourth-order valence-electron chi connectivity index (χ4n) is 2.40. The van der Waals surface area contributed by atoms with Crippen LogP contribution in [0.1, 0.15) is 12.8 Å². The Labute approximate surface area is 150 Å². The first-order valence-electron chi connectivity index (χ1n) is 8.15. The summed E-state index contributed by atoms with van der Waals surface area (Å²) >= 11 is 0. The van der Waals surface area contributed by atoms with Gasteiger partial charge in [0, 0.05) is 6.54 Å². The Hall–Kier alpha value is -3.29. The van der Waals surface area contributed by atoms with E-state index >= 15 is 0 Å². The average molecular weight is 358 g/mol. The third-order valence-corrected chi connectivity index (χ3v) is 3.67. The van der Waals surface area contributed by atoms with Gasteiger partial charge in [-0.1, -0.05) is 30.3 Å². The van der Waals surface area contributed by atoms with Crippen molar-refractivity contribution in [3.05, 3.63) is 42.5 Å². The van der Waals surface area contributed by atoms with Crippen LogP contribution < -0.4 is 21.5 Å². The minimum Gasteiger partial charge on any atom is -0.484 e. The molecule has 0 bridgehead atoms. The highest BCUT2D eigenvalue weighted by atomic mass is 16.5. The first-order chi connectivity index (χ1) is 12.5. The summed E-state index contributed by atoms with van der Waals surface area (Å²) in [6.45, 7) is 0.0333. The van der Waals surface area contributed by atoms with Gasteiger partial charge >= 0.3 is 5.97 Å². The third-order valence-electron chi connectivity index (χ3n) is 3.67. The number of guanidine groups is 1. The van der Waals surface area contributed by atoms with E-state index in [-0.39, 0.29) is 19.0 Å². The molecule has 6 N–H and O–H groups in total. The fourth-order valence-corrected chi connectivity index (χ4v) is 2.40. The van der Waals surface area contributed by atoms with Gasteiger partial charge in [-0.05, 0) is 35.7 Å². The molecule has 1 amide bonds. The molecule has 2 aromatic rings. The van der Waals surface area contributed by atoms with Crippen LogP contribution in [-0.2, 0) is 9.59 Å². The molecule has 138 valence electrons. The zero-order valence-corrected chi connectivity index (χ0v) is 14.2. The zero-order chi connectivity index (χ0) is 18.9. The van der Waals surface area contributed by atoms with Crippen LogP contribution >= 0.6 is 0 Å². The molecule has 0 aliphatic heterocycles. The van der Waals surface area contributed by atoms with Crippen LogP contribution in [0.4, 0.5) is 0 Å². The lowest BCUT2D eigenvalue weighted by molar-refractivity contribution is -0.142. The molecule has 0 heterocycles. The van der Waals surface area contributed by atoms with Gasteiger partial charge in [0.25, 0.3) is 5.91 Å². The molecule has 0 aromatic heterocycles. The van der Waals surface area contributed by atoms with E-state index in [4.69, 9.17) is 16.2 Å². The van der Waals surface area contributed by atoms with Crippen LogP contribution in [0.5, 0.6) is 5.75 Å². The molecule has 0 radical (unpaired) electrons. The number of carboxylic acids is 1. The van der Waals surface area contributed by atoms with E-state index in [1.54, 1.807) is 6.07 Å². The summed E-state index contributed by atoms with van der Waals surface area (Å²) in [5.41, 5.74) is 10.4. The van der Waals surface area contributed by atoms with Crippen molar-refractivity contribution >= 4 is 28.6 Å². The summed E-state index contributed by atoms with van der Waals surface area (Å²) in [6.07, 6.45) is 0.647. The van der Waals surface area contributed by atoms with Gasteiger partial charge in [0.15, 0.2) is 12.6 Å². The number of benzene rings is 2. The van der Waals surface area contributed by atoms with Gasteiger partial charge in [0.1, 0.15) is 11.8 Å². The van der Waals surface area contributed by atoms with Crippen molar-refractivity contribution in [2.45, 2.75) is 18.9 Å². The SMILES string of the molecule is NC(N)=NCCC[C@H](NC(=O)COc1ccc2ccccc2c1)C(=O)O. The number of fused-ring (bicyclic) bond motifs is 1. The lowest BCUT2D eigenvalue weighted by Crippen LogP contribution is -2.43. The number of amides is 1. The molecule has 8 heteroatoms. The van der Waals surface area contributed by atoms with Crippen LogP contribution in [0.3, 0.4) is 0 Å². The Morgan fingerprint density at radius 3 is 2.58 bits per heavy atom. The topological polar surface area (TPSA) is 140 Å². The molecular formula is C18H22N4O4. The number of hydrogen-bond acceptors (Lipinski definition) is 4. The quantitative estimate of drug-likeness (QED) is 0.297. The van der Waals surface area contributed by atoms with E-state index in [1.807, 2.05) is 36.4 Å². The number of aliphatic carboxylic acids is 1. The van der Waals surface area contributed by atoms with Crippen LogP contribution in [0.25, 0.3) is 10.8 Å². The molecule has 0 spiro atoms. The molecule has 0 unspecified atom stereocenters. The first kappa shape index (κ1) is 19.0. The number of hydrogen-bond donors (Lipinski definition) is 4. The van der Waals surface area contributed by atoms with Crippen molar-refractivity contribution in [3.8, 4) is 5.75 Å². The lowest BCUT2D eigenvalue weighted by atomic mass is 10.1. The Bertz CT molecular complexity index is 803. The number of nitrogens with zero attached hydrogens (tertiary/aromatic N) is 1. The molecule has 0 saturated carbocycles. The van der Waals surface area contributed by atoms with E-state index in [0.29, 0.717) is 18.7 Å². The average Bonchev–Trinajstić information content (AvgIpc) is 2.62. The summed E-state index contributed by atoms with van der Waals surface area (Å²) in [5.74, 6) is -1.13. The van der Waals surface area contributed by atoms with E-state index in [9.17, 15) is 14.7 Å². The summed E-state index contributed by atoms with van der Waals surface area (Å²) in [6, 6.07) is 12.2. The number of carbonyl (C=O) groups is 2. The highest BCUT2D eigenvalue weighted by Crippen LogP contribution is 2.20. The molecule has 0 saturated heterocycles. The maximum absolute atomic E-state index is 12.0. The molecule has 0 aliphatic carbocycles. The van der Waals surface area contributed by atoms with Gasteiger partial charge in [-0.25, -0.2) is 4.79 Å². The van der Waals surface area contributed by atoms with Crippen molar-refractivity contribution in [1.82, 2.24) is 5.32 Å². The molecule has 1 atom stereocenters. The van der Waals surface area contributed by atoms with Crippen molar-refractivity contribution in [3.63, 3.8) is 0 Å². The number of rotatable bonds is 9. The maximum atomic E-state index is 12.0. The molecule has 2 aromatic carbocycles. The summed E-state index contributed by atoms with van der Waals surface area (Å²) in [5, 5.41) is 13.7. The molecule has 8 nitrogen and oxygen atoms in total. The van der Waals surface area contributed by atoms with E-state index in [2.05, 4.69) is 10.3 Å². The van der Waals surface area contributed by atoms with Crippen molar-refractivity contribution in [2.24, 2.45) is 16.5 Å². The Morgan fingerprint density at radius 1 is 1.15 bits per heavy atom. The minimum absolute atomic E-state index is 0.0512. The maximum Gasteiger partial charge on any atom is 0.326 e. The van der Waals surface area contributed by atoms with Crippen molar-refractivity contribution < 1.29 is 19.4 Å². The molecule has 26 heavy (non-hydrogen) atoms. The fraction of sp³-hybridized carbons (Fsp3) is 0.278. The third kappa shape index (κ3) is 5.97. The minimum atomic E-state index is -1.12. The van der Waals surface area contributed by atoms with E-state index in [1.165, 1.54) is 0 Å². The highest BCUT2D eigenvalue weighted by molar-refractivity contribution is 5.85. The second-order valence-electron chi connectivity index (χ2n) is 5.70. The van der Waals surface area contributed by atoms with Gasteiger partial charge in [0.05, 0.1) is 0 Å². The van der Waals surface area contributed by atoms with Gasteiger partial charge in [-0.2, -0.15) is 0 Å². The molecular weight excluding hydrogens is 336 g/mol.